The number of carbonyl (C=O) groups is 1. The van der Waals surface area contributed by atoms with Gasteiger partial charge in [-0.25, -0.2) is 4.98 Å². The van der Waals surface area contributed by atoms with Gasteiger partial charge in [0.25, 0.3) is 0 Å². The molecular formula is C8H11N3O. The van der Waals surface area contributed by atoms with Crippen molar-refractivity contribution in [3.05, 3.63) is 17.2 Å². The van der Waals surface area contributed by atoms with Gasteiger partial charge in [-0.3, -0.25) is 4.79 Å². The molecule has 64 valence electrons. The van der Waals surface area contributed by atoms with E-state index < -0.39 is 0 Å². The van der Waals surface area contributed by atoms with Crippen LogP contribution in [-0.2, 0) is 17.9 Å². The highest BCUT2D eigenvalue weighted by molar-refractivity contribution is 5.73. The maximum atomic E-state index is 11.0. The highest BCUT2D eigenvalue weighted by Gasteiger charge is 2.23. The lowest BCUT2D eigenvalue weighted by Gasteiger charge is -2.11. The molecular weight excluding hydrogens is 154 g/mol. The van der Waals surface area contributed by atoms with Crippen molar-refractivity contribution in [3.63, 3.8) is 0 Å². The summed E-state index contributed by atoms with van der Waals surface area (Å²) in [5.41, 5.74) is 2.10. The Labute approximate surface area is 70.6 Å². The van der Waals surface area contributed by atoms with Crippen molar-refractivity contribution in [2.45, 2.75) is 26.9 Å². The zero-order valence-corrected chi connectivity index (χ0v) is 7.22. The molecule has 2 rings (SSSR count). The van der Waals surface area contributed by atoms with Crippen LogP contribution in [0.25, 0.3) is 0 Å². The molecule has 0 bridgehead atoms. The number of aromatic nitrogens is 2. The molecule has 0 unspecified atom stereocenters. The predicted molar refractivity (Wildman–Crippen MR) is 43.3 cm³/mol. The van der Waals surface area contributed by atoms with Gasteiger partial charge in [-0.2, -0.15) is 0 Å². The van der Waals surface area contributed by atoms with Crippen LogP contribution in [0.3, 0.4) is 0 Å². The third-order valence-electron chi connectivity index (χ3n) is 2.12. The van der Waals surface area contributed by atoms with Gasteiger partial charge in [0, 0.05) is 6.92 Å². The number of carbonyl (C=O) groups excluding carboxylic acids is 1. The van der Waals surface area contributed by atoms with E-state index in [0.29, 0.717) is 13.1 Å². The van der Waals surface area contributed by atoms with E-state index in [9.17, 15) is 4.79 Å². The van der Waals surface area contributed by atoms with Crippen molar-refractivity contribution in [1.82, 2.24) is 14.9 Å². The molecule has 4 heteroatoms. The van der Waals surface area contributed by atoms with Crippen LogP contribution in [0, 0.1) is 6.92 Å². The van der Waals surface area contributed by atoms with Crippen molar-refractivity contribution in [1.29, 1.82) is 0 Å². The van der Waals surface area contributed by atoms with Crippen molar-refractivity contribution in [2.24, 2.45) is 0 Å². The zero-order valence-electron chi connectivity index (χ0n) is 7.22. The van der Waals surface area contributed by atoms with E-state index in [-0.39, 0.29) is 5.91 Å². The summed E-state index contributed by atoms with van der Waals surface area (Å²) >= 11 is 0. The number of nitrogens with zero attached hydrogens (tertiary/aromatic N) is 2. The van der Waals surface area contributed by atoms with Crippen LogP contribution in [-0.4, -0.2) is 20.8 Å². The van der Waals surface area contributed by atoms with Crippen LogP contribution in [0.2, 0.25) is 0 Å². The Bertz CT molecular complexity index is 306. The summed E-state index contributed by atoms with van der Waals surface area (Å²) in [5.74, 6) is 1.04. The van der Waals surface area contributed by atoms with Crippen molar-refractivity contribution < 1.29 is 4.79 Å². The number of fused-ring (bicyclic) bond motifs is 1. The average molecular weight is 165 g/mol. The first-order chi connectivity index (χ1) is 5.66. The first kappa shape index (κ1) is 7.34. The molecule has 0 aliphatic carbocycles. The topological polar surface area (TPSA) is 49.0 Å². The highest BCUT2D eigenvalue weighted by atomic mass is 16.2. The van der Waals surface area contributed by atoms with Gasteiger partial charge in [-0.05, 0) is 6.92 Å². The number of amides is 1. The third kappa shape index (κ3) is 0.995. The fourth-order valence-electron chi connectivity index (χ4n) is 1.50. The number of rotatable bonds is 0. The van der Waals surface area contributed by atoms with Gasteiger partial charge in [0.2, 0.25) is 5.91 Å². The molecule has 0 saturated heterocycles. The van der Waals surface area contributed by atoms with E-state index in [0.717, 1.165) is 17.2 Å². The fourth-order valence-corrected chi connectivity index (χ4v) is 1.50. The van der Waals surface area contributed by atoms with Gasteiger partial charge in [0.1, 0.15) is 5.82 Å². The zero-order chi connectivity index (χ0) is 8.72. The second-order valence-corrected chi connectivity index (χ2v) is 3.12. The normalized spacial score (nSPS) is 15.0. The SMILES string of the molecule is CC(=O)N1Cc2nc(C)[nH]c2C1. The second kappa shape index (κ2) is 2.33. The minimum atomic E-state index is 0.110. The Balaban J connectivity index is 2.24. The largest absolute Gasteiger partial charge is 0.344 e. The van der Waals surface area contributed by atoms with E-state index in [1.807, 2.05) is 6.92 Å². The van der Waals surface area contributed by atoms with Crippen LogP contribution in [0.15, 0.2) is 0 Å². The van der Waals surface area contributed by atoms with Crippen LogP contribution in [0.1, 0.15) is 24.1 Å². The number of aryl methyl sites for hydroxylation is 1. The first-order valence-electron chi connectivity index (χ1n) is 3.96. The van der Waals surface area contributed by atoms with Gasteiger partial charge >= 0.3 is 0 Å². The molecule has 1 aromatic heterocycles. The van der Waals surface area contributed by atoms with E-state index in [2.05, 4.69) is 9.97 Å². The van der Waals surface area contributed by atoms with E-state index in [1.54, 1.807) is 11.8 Å². The van der Waals surface area contributed by atoms with Gasteiger partial charge < -0.3 is 9.88 Å². The summed E-state index contributed by atoms with van der Waals surface area (Å²) in [6, 6.07) is 0. The number of nitrogens with one attached hydrogen (secondary N) is 1. The summed E-state index contributed by atoms with van der Waals surface area (Å²) in [6.07, 6.45) is 0. The third-order valence-corrected chi connectivity index (χ3v) is 2.12. The molecule has 2 heterocycles. The van der Waals surface area contributed by atoms with Gasteiger partial charge in [-0.1, -0.05) is 0 Å². The summed E-state index contributed by atoms with van der Waals surface area (Å²) in [4.78, 5) is 20.2. The van der Waals surface area contributed by atoms with E-state index in [4.69, 9.17) is 0 Å². The molecule has 0 aromatic carbocycles. The van der Waals surface area contributed by atoms with Crippen LogP contribution < -0.4 is 0 Å². The lowest BCUT2D eigenvalue weighted by molar-refractivity contribution is -0.129. The molecule has 4 nitrogen and oxygen atoms in total. The standard InChI is InChI=1S/C8H11N3O/c1-5-9-7-3-11(6(2)12)4-8(7)10-5/h3-4H2,1-2H3,(H,9,10). The smallest absolute Gasteiger partial charge is 0.220 e. The van der Waals surface area contributed by atoms with Crippen molar-refractivity contribution in [3.8, 4) is 0 Å². The van der Waals surface area contributed by atoms with Crippen LogP contribution in [0.5, 0.6) is 0 Å². The number of aromatic amines is 1. The Hall–Kier alpha value is -1.32. The predicted octanol–water partition coefficient (Wildman–Crippen LogP) is 0.580. The Morgan fingerprint density at radius 2 is 2.33 bits per heavy atom. The molecule has 1 amide bonds. The number of hydrogen-bond donors (Lipinski definition) is 1. The molecule has 0 fully saturated rings. The molecule has 1 N–H and O–H groups in total. The molecule has 0 radical (unpaired) electrons. The molecule has 0 atom stereocenters. The lowest BCUT2D eigenvalue weighted by Crippen LogP contribution is -2.22. The first-order valence-corrected chi connectivity index (χ1v) is 3.96. The minimum absolute atomic E-state index is 0.110. The van der Waals surface area contributed by atoms with Gasteiger partial charge in [0.15, 0.2) is 0 Å². The summed E-state index contributed by atoms with van der Waals surface area (Å²) in [5, 5.41) is 0. The quantitative estimate of drug-likeness (QED) is 0.611. The number of imidazole rings is 1. The minimum Gasteiger partial charge on any atom is -0.344 e. The van der Waals surface area contributed by atoms with E-state index in [1.165, 1.54) is 0 Å². The Morgan fingerprint density at radius 1 is 1.58 bits per heavy atom. The number of H-pyrrole nitrogens is 1. The molecule has 12 heavy (non-hydrogen) atoms. The Kier molecular flexibility index (Phi) is 1.43. The monoisotopic (exact) mass is 165 g/mol. The molecule has 1 aliphatic rings. The van der Waals surface area contributed by atoms with Crippen molar-refractivity contribution in [2.75, 3.05) is 0 Å². The summed E-state index contributed by atoms with van der Waals surface area (Å²) in [6.45, 7) is 4.86. The fraction of sp³-hybridized carbons (Fsp3) is 0.500. The average Bonchev–Trinajstić information content (AvgIpc) is 2.42. The Morgan fingerprint density at radius 3 is 2.92 bits per heavy atom. The summed E-state index contributed by atoms with van der Waals surface area (Å²) < 4.78 is 0. The maximum absolute atomic E-state index is 11.0. The summed E-state index contributed by atoms with van der Waals surface area (Å²) in [7, 11) is 0. The van der Waals surface area contributed by atoms with Crippen molar-refractivity contribution >= 4 is 5.91 Å². The molecule has 0 saturated carbocycles. The molecule has 0 spiro atoms. The molecule has 1 aliphatic heterocycles. The van der Waals surface area contributed by atoms with Crippen LogP contribution >= 0.6 is 0 Å². The molecule has 1 aromatic rings. The maximum Gasteiger partial charge on any atom is 0.220 e. The van der Waals surface area contributed by atoms with E-state index >= 15 is 0 Å². The highest BCUT2D eigenvalue weighted by Crippen LogP contribution is 2.19. The van der Waals surface area contributed by atoms with Crippen LogP contribution in [0.4, 0.5) is 0 Å². The van der Waals surface area contributed by atoms with Gasteiger partial charge in [0.05, 0.1) is 24.5 Å². The number of hydrogen-bond acceptors (Lipinski definition) is 2. The van der Waals surface area contributed by atoms with Gasteiger partial charge in [-0.15, -0.1) is 0 Å². The second-order valence-electron chi connectivity index (χ2n) is 3.12. The lowest BCUT2D eigenvalue weighted by atomic mass is 10.4.